The van der Waals surface area contributed by atoms with Gasteiger partial charge < -0.3 is 25.4 Å². The van der Waals surface area contributed by atoms with Gasteiger partial charge in [-0.2, -0.15) is 0 Å². The molecule has 0 spiro atoms. The standard InChI is InChI=1S/C22H36N4O3.HI/c1-4-23-22(25-16-21(27)26-19-8-6-5-7-9-19)24-15-18-11-10-17(2)14-20(18)29-13-12-28-3;/h10-11,14,19H,4-9,12-13,15-16H2,1-3H3,(H,26,27)(H2,23,24,25);1H. The molecule has 0 aromatic heterocycles. The van der Waals surface area contributed by atoms with Gasteiger partial charge in [0.1, 0.15) is 12.4 Å². The van der Waals surface area contributed by atoms with Gasteiger partial charge in [-0.3, -0.25) is 4.79 Å². The summed E-state index contributed by atoms with van der Waals surface area (Å²) >= 11 is 0. The van der Waals surface area contributed by atoms with Gasteiger partial charge in [0.2, 0.25) is 5.91 Å². The Hall–Kier alpha value is -1.55. The highest BCUT2D eigenvalue weighted by molar-refractivity contribution is 14.0. The van der Waals surface area contributed by atoms with Crippen LogP contribution < -0.4 is 20.7 Å². The van der Waals surface area contributed by atoms with Crippen LogP contribution >= 0.6 is 24.0 Å². The molecule has 0 bridgehead atoms. The van der Waals surface area contributed by atoms with Gasteiger partial charge in [0.05, 0.1) is 19.7 Å². The monoisotopic (exact) mass is 532 g/mol. The van der Waals surface area contributed by atoms with Crippen LogP contribution in [0.4, 0.5) is 0 Å². The first kappa shape index (κ1) is 26.5. The van der Waals surface area contributed by atoms with Gasteiger partial charge in [-0.25, -0.2) is 4.99 Å². The van der Waals surface area contributed by atoms with Crippen LogP contribution in [-0.4, -0.2) is 51.3 Å². The second-order valence-electron chi connectivity index (χ2n) is 7.40. The molecule has 1 aromatic carbocycles. The van der Waals surface area contributed by atoms with Gasteiger partial charge in [0.15, 0.2) is 5.96 Å². The lowest BCUT2D eigenvalue weighted by Crippen LogP contribution is -2.46. The molecule has 1 amide bonds. The molecule has 1 fully saturated rings. The van der Waals surface area contributed by atoms with Crippen molar-refractivity contribution < 1.29 is 14.3 Å². The van der Waals surface area contributed by atoms with Crippen LogP contribution in [0.5, 0.6) is 5.75 Å². The van der Waals surface area contributed by atoms with Crippen molar-refractivity contribution in [2.75, 3.05) is 33.4 Å². The van der Waals surface area contributed by atoms with Crippen molar-refractivity contribution in [3.63, 3.8) is 0 Å². The van der Waals surface area contributed by atoms with Gasteiger partial charge >= 0.3 is 0 Å². The summed E-state index contributed by atoms with van der Waals surface area (Å²) in [6.45, 7) is 6.47. The van der Waals surface area contributed by atoms with E-state index in [1.807, 2.05) is 32.0 Å². The van der Waals surface area contributed by atoms with Crippen molar-refractivity contribution in [3.05, 3.63) is 29.3 Å². The number of carbonyl (C=O) groups is 1. The highest BCUT2D eigenvalue weighted by Gasteiger charge is 2.15. The Balaban J connectivity index is 0.00000450. The molecule has 170 valence electrons. The number of rotatable bonds is 10. The number of hydrogen-bond acceptors (Lipinski definition) is 4. The van der Waals surface area contributed by atoms with Crippen LogP contribution in [0.1, 0.15) is 50.2 Å². The molecular formula is C22H37IN4O3. The number of hydrogen-bond donors (Lipinski definition) is 3. The third kappa shape index (κ3) is 9.97. The van der Waals surface area contributed by atoms with Crippen molar-refractivity contribution in [1.82, 2.24) is 16.0 Å². The van der Waals surface area contributed by atoms with Crippen LogP contribution in [0.15, 0.2) is 23.2 Å². The number of aliphatic imine (C=N–C) groups is 1. The Morgan fingerprint density at radius 2 is 1.93 bits per heavy atom. The number of methoxy groups -OCH3 is 1. The second kappa shape index (κ2) is 15.3. The van der Waals surface area contributed by atoms with E-state index in [0.29, 0.717) is 31.8 Å². The third-order valence-corrected chi connectivity index (χ3v) is 4.91. The van der Waals surface area contributed by atoms with Crippen LogP contribution in [-0.2, 0) is 16.1 Å². The zero-order chi connectivity index (χ0) is 20.9. The van der Waals surface area contributed by atoms with Crippen molar-refractivity contribution in [2.24, 2.45) is 4.99 Å². The first-order valence-corrected chi connectivity index (χ1v) is 10.6. The zero-order valence-electron chi connectivity index (χ0n) is 18.5. The fraction of sp³-hybridized carbons (Fsp3) is 0.636. The Labute approximate surface area is 197 Å². The number of carbonyl (C=O) groups excluding carboxylic acids is 1. The lowest BCUT2D eigenvalue weighted by Gasteiger charge is -2.23. The Morgan fingerprint density at radius 3 is 2.63 bits per heavy atom. The number of nitrogens with zero attached hydrogens (tertiary/aromatic N) is 1. The quantitative estimate of drug-likeness (QED) is 0.187. The first-order valence-electron chi connectivity index (χ1n) is 10.6. The van der Waals surface area contributed by atoms with Gasteiger partial charge in [0, 0.05) is 25.3 Å². The smallest absolute Gasteiger partial charge is 0.239 e. The van der Waals surface area contributed by atoms with E-state index in [2.05, 4.69) is 20.9 Å². The summed E-state index contributed by atoms with van der Waals surface area (Å²) in [4.78, 5) is 16.9. The SMILES string of the molecule is CCNC(=NCc1ccc(C)cc1OCCOC)NCC(=O)NC1CCCCC1.I. The van der Waals surface area contributed by atoms with Gasteiger partial charge in [-0.05, 0) is 38.3 Å². The summed E-state index contributed by atoms with van der Waals surface area (Å²) < 4.78 is 10.9. The Kier molecular flexibility index (Phi) is 13.5. The van der Waals surface area contributed by atoms with Crippen molar-refractivity contribution in [1.29, 1.82) is 0 Å². The molecular weight excluding hydrogens is 495 g/mol. The number of nitrogens with one attached hydrogen (secondary N) is 3. The van der Waals surface area contributed by atoms with Gasteiger partial charge in [0.25, 0.3) is 0 Å². The van der Waals surface area contributed by atoms with E-state index in [-0.39, 0.29) is 36.4 Å². The average Bonchev–Trinajstić information content (AvgIpc) is 2.72. The molecule has 0 unspecified atom stereocenters. The summed E-state index contributed by atoms with van der Waals surface area (Å²) in [7, 11) is 1.66. The Bertz CT molecular complexity index is 664. The van der Waals surface area contributed by atoms with Crippen molar-refractivity contribution in [3.8, 4) is 5.75 Å². The summed E-state index contributed by atoms with van der Waals surface area (Å²) in [5.74, 6) is 1.45. The average molecular weight is 532 g/mol. The molecule has 0 aliphatic heterocycles. The van der Waals surface area contributed by atoms with E-state index in [4.69, 9.17) is 9.47 Å². The summed E-state index contributed by atoms with van der Waals surface area (Å²) in [5.41, 5.74) is 2.13. The molecule has 1 aliphatic rings. The largest absolute Gasteiger partial charge is 0.491 e. The minimum atomic E-state index is 0. The minimum absolute atomic E-state index is 0. The summed E-state index contributed by atoms with van der Waals surface area (Å²) in [6.07, 6.45) is 5.85. The maximum Gasteiger partial charge on any atom is 0.239 e. The molecule has 1 aromatic rings. The summed E-state index contributed by atoms with van der Waals surface area (Å²) in [6, 6.07) is 6.40. The number of guanidine groups is 1. The van der Waals surface area contributed by atoms with E-state index in [1.165, 1.54) is 19.3 Å². The predicted octanol–water partition coefficient (Wildman–Crippen LogP) is 3.14. The number of ether oxygens (including phenoxy) is 2. The van der Waals surface area contributed by atoms with Crippen LogP contribution in [0.3, 0.4) is 0 Å². The predicted molar refractivity (Wildman–Crippen MR) is 132 cm³/mol. The van der Waals surface area contributed by atoms with E-state index in [1.54, 1.807) is 7.11 Å². The number of aryl methyl sites for hydroxylation is 1. The maximum absolute atomic E-state index is 12.2. The molecule has 3 N–H and O–H groups in total. The molecule has 1 aliphatic carbocycles. The highest BCUT2D eigenvalue weighted by Crippen LogP contribution is 2.21. The zero-order valence-corrected chi connectivity index (χ0v) is 20.8. The summed E-state index contributed by atoms with van der Waals surface area (Å²) in [5, 5.41) is 9.44. The van der Waals surface area contributed by atoms with Gasteiger partial charge in [-0.15, -0.1) is 24.0 Å². The lowest BCUT2D eigenvalue weighted by molar-refractivity contribution is -0.120. The molecule has 0 atom stereocenters. The molecule has 2 rings (SSSR count). The molecule has 0 heterocycles. The van der Waals surface area contributed by atoms with Crippen LogP contribution in [0, 0.1) is 6.92 Å². The fourth-order valence-electron chi connectivity index (χ4n) is 3.36. The van der Waals surface area contributed by atoms with E-state index in [0.717, 1.165) is 36.3 Å². The highest BCUT2D eigenvalue weighted by atomic mass is 127. The number of halogens is 1. The number of amides is 1. The Morgan fingerprint density at radius 1 is 1.17 bits per heavy atom. The van der Waals surface area contributed by atoms with E-state index in [9.17, 15) is 4.79 Å². The molecule has 0 radical (unpaired) electrons. The van der Waals surface area contributed by atoms with E-state index < -0.39 is 0 Å². The third-order valence-electron chi connectivity index (χ3n) is 4.91. The fourth-order valence-corrected chi connectivity index (χ4v) is 3.36. The van der Waals surface area contributed by atoms with Crippen LogP contribution in [0.25, 0.3) is 0 Å². The molecule has 30 heavy (non-hydrogen) atoms. The first-order chi connectivity index (χ1) is 14.1. The lowest BCUT2D eigenvalue weighted by atomic mass is 9.95. The maximum atomic E-state index is 12.2. The van der Waals surface area contributed by atoms with Crippen LogP contribution in [0.2, 0.25) is 0 Å². The molecule has 8 heteroatoms. The minimum Gasteiger partial charge on any atom is -0.491 e. The van der Waals surface area contributed by atoms with Gasteiger partial charge in [-0.1, -0.05) is 31.4 Å². The molecule has 1 saturated carbocycles. The number of benzene rings is 1. The second-order valence-corrected chi connectivity index (χ2v) is 7.40. The topological polar surface area (TPSA) is 84.0 Å². The molecule has 0 saturated heterocycles. The molecule has 7 nitrogen and oxygen atoms in total. The van der Waals surface area contributed by atoms with Crippen molar-refractivity contribution >= 4 is 35.8 Å². The normalized spacial score (nSPS) is 14.6. The van der Waals surface area contributed by atoms with E-state index >= 15 is 0 Å². The van der Waals surface area contributed by atoms with Crippen molar-refractivity contribution in [2.45, 2.75) is 58.5 Å².